The van der Waals surface area contributed by atoms with Crippen LogP contribution in [0.3, 0.4) is 0 Å². The molecule has 0 bridgehead atoms. The number of carbonyl (C=O) groups excluding carboxylic acids is 2. The number of hydrogen-bond donors (Lipinski definition) is 0. The number of ketones is 1. The van der Waals surface area contributed by atoms with E-state index >= 15 is 0 Å². The van der Waals surface area contributed by atoms with Crippen LogP contribution in [0.2, 0.25) is 0 Å². The highest BCUT2D eigenvalue weighted by Crippen LogP contribution is 2.27. The van der Waals surface area contributed by atoms with E-state index in [4.69, 9.17) is 0 Å². The Morgan fingerprint density at radius 3 is 2.47 bits per heavy atom. The normalized spacial score (nSPS) is 23.7. The van der Waals surface area contributed by atoms with Gasteiger partial charge in [-0.3, -0.25) is 9.59 Å². The molecule has 0 aliphatic carbocycles. The van der Waals surface area contributed by atoms with Crippen molar-refractivity contribution in [2.24, 2.45) is 11.8 Å². The van der Waals surface area contributed by atoms with Crippen LogP contribution in [0.1, 0.15) is 40.5 Å². The minimum atomic E-state index is -0.193. The van der Waals surface area contributed by atoms with Gasteiger partial charge in [-0.1, -0.05) is 20.8 Å². The standard InChI is InChI=1S/C12H21NO2/c1-5-11(9(4)14)13-7-10(8(2)3)6-12(13)15/h8,10-11H,5-7H2,1-4H3. The van der Waals surface area contributed by atoms with Gasteiger partial charge in [0.25, 0.3) is 0 Å². The van der Waals surface area contributed by atoms with Gasteiger partial charge in [-0.25, -0.2) is 0 Å². The molecule has 1 amide bonds. The topological polar surface area (TPSA) is 37.4 Å². The smallest absolute Gasteiger partial charge is 0.223 e. The van der Waals surface area contributed by atoms with Gasteiger partial charge in [0.2, 0.25) is 5.91 Å². The van der Waals surface area contributed by atoms with E-state index in [-0.39, 0.29) is 17.7 Å². The van der Waals surface area contributed by atoms with Crippen LogP contribution in [0.4, 0.5) is 0 Å². The minimum Gasteiger partial charge on any atom is -0.332 e. The number of nitrogens with zero attached hydrogens (tertiary/aromatic N) is 1. The molecule has 86 valence electrons. The fourth-order valence-electron chi connectivity index (χ4n) is 2.24. The lowest BCUT2D eigenvalue weighted by Crippen LogP contribution is -2.41. The van der Waals surface area contributed by atoms with Crippen molar-refractivity contribution in [3.63, 3.8) is 0 Å². The number of amides is 1. The maximum Gasteiger partial charge on any atom is 0.223 e. The molecule has 0 aromatic rings. The summed E-state index contributed by atoms with van der Waals surface area (Å²) in [6.07, 6.45) is 1.34. The molecule has 1 saturated heterocycles. The average Bonchev–Trinajstić information content (AvgIpc) is 2.49. The van der Waals surface area contributed by atoms with Crippen molar-refractivity contribution in [3.8, 4) is 0 Å². The van der Waals surface area contributed by atoms with Crippen LogP contribution in [-0.2, 0) is 9.59 Å². The zero-order chi connectivity index (χ0) is 11.6. The second-order valence-electron chi connectivity index (χ2n) is 4.79. The van der Waals surface area contributed by atoms with Crippen molar-refractivity contribution in [2.75, 3.05) is 6.54 Å². The van der Waals surface area contributed by atoms with Crippen LogP contribution in [0, 0.1) is 11.8 Å². The van der Waals surface area contributed by atoms with Gasteiger partial charge in [0.05, 0.1) is 6.04 Å². The Balaban J connectivity index is 2.71. The largest absolute Gasteiger partial charge is 0.332 e. The molecule has 1 aliphatic rings. The van der Waals surface area contributed by atoms with Crippen molar-refractivity contribution < 1.29 is 9.59 Å². The molecular weight excluding hydrogens is 190 g/mol. The quantitative estimate of drug-likeness (QED) is 0.711. The number of Topliss-reactive ketones (excluding diaryl/α,β-unsaturated/α-hetero) is 1. The first-order chi connectivity index (χ1) is 6.97. The molecule has 3 heteroatoms. The monoisotopic (exact) mass is 211 g/mol. The van der Waals surface area contributed by atoms with Crippen molar-refractivity contribution >= 4 is 11.7 Å². The van der Waals surface area contributed by atoms with Crippen molar-refractivity contribution in [1.29, 1.82) is 0 Å². The Morgan fingerprint density at radius 2 is 2.13 bits per heavy atom. The average molecular weight is 211 g/mol. The van der Waals surface area contributed by atoms with Crippen molar-refractivity contribution in [2.45, 2.75) is 46.6 Å². The number of rotatable bonds is 4. The molecule has 2 atom stereocenters. The van der Waals surface area contributed by atoms with Crippen molar-refractivity contribution in [3.05, 3.63) is 0 Å². The molecule has 2 unspecified atom stereocenters. The fraction of sp³-hybridized carbons (Fsp3) is 0.833. The Labute approximate surface area is 91.8 Å². The van der Waals surface area contributed by atoms with E-state index in [0.717, 1.165) is 13.0 Å². The van der Waals surface area contributed by atoms with Crippen molar-refractivity contribution in [1.82, 2.24) is 4.90 Å². The molecule has 0 radical (unpaired) electrons. The predicted octanol–water partition coefficient (Wildman–Crippen LogP) is 1.86. The highest BCUT2D eigenvalue weighted by Gasteiger charge is 2.36. The van der Waals surface area contributed by atoms with E-state index in [1.54, 1.807) is 11.8 Å². The van der Waals surface area contributed by atoms with E-state index in [2.05, 4.69) is 13.8 Å². The minimum absolute atomic E-state index is 0.107. The lowest BCUT2D eigenvalue weighted by Gasteiger charge is -2.25. The predicted molar refractivity (Wildman–Crippen MR) is 59.4 cm³/mol. The third kappa shape index (κ3) is 2.58. The summed E-state index contributed by atoms with van der Waals surface area (Å²) in [7, 11) is 0. The molecule has 1 heterocycles. The first kappa shape index (κ1) is 12.2. The molecule has 0 aromatic heterocycles. The second-order valence-corrected chi connectivity index (χ2v) is 4.79. The molecule has 0 N–H and O–H groups in total. The summed E-state index contributed by atoms with van der Waals surface area (Å²) in [5, 5.41) is 0. The van der Waals surface area contributed by atoms with Gasteiger partial charge in [0, 0.05) is 13.0 Å². The van der Waals surface area contributed by atoms with E-state index in [0.29, 0.717) is 18.3 Å². The van der Waals surface area contributed by atoms with Gasteiger partial charge in [-0.15, -0.1) is 0 Å². The lowest BCUT2D eigenvalue weighted by atomic mass is 9.95. The summed E-state index contributed by atoms with van der Waals surface area (Å²) >= 11 is 0. The molecule has 1 rings (SSSR count). The zero-order valence-corrected chi connectivity index (χ0v) is 10.1. The Morgan fingerprint density at radius 1 is 1.53 bits per heavy atom. The molecular formula is C12H21NO2. The molecule has 0 aromatic carbocycles. The SMILES string of the molecule is CCC(C(C)=O)N1CC(C(C)C)CC1=O. The van der Waals surface area contributed by atoms with E-state index in [1.807, 2.05) is 6.92 Å². The summed E-state index contributed by atoms with van der Waals surface area (Å²) in [5.41, 5.74) is 0. The summed E-state index contributed by atoms with van der Waals surface area (Å²) in [5.74, 6) is 1.19. The van der Waals surface area contributed by atoms with Gasteiger partial charge >= 0.3 is 0 Å². The summed E-state index contributed by atoms with van der Waals surface area (Å²) in [4.78, 5) is 24.9. The van der Waals surface area contributed by atoms with E-state index in [9.17, 15) is 9.59 Å². The molecule has 0 saturated carbocycles. The van der Waals surface area contributed by atoms with Gasteiger partial charge < -0.3 is 4.90 Å². The summed E-state index contributed by atoms with van der Waals surface area (Å²) < 4.78 is 0. The van der Waals surface area contributed by atoms with Gasteiger partial charge in [-0.2, -0.15) is 0 Å². The maximum atomic E-state index is 11.8. The highest BCUT2D eigenvalue weighted by atomic mass is 16.2. The van der Waals surface area contributed by atoms with Crippen LogP contribution < -0.4 is 0 Å². The van der Waals surface area contributed by atoms with E-state index < -0.39 is 0 Å². The molecule has 1 aliphatic heterocycles. The third-order valence-corrected chi connectivity index (χ3v) is 3.36. The Hall–Kier alpha value is -0.860. The first-order valence-electron chi connectivity index (χ1n) is 5.77. The van der Waals surface area contributed by atoms with E-state index in [1.165, 1.54) is 0 Å². The molecule has 1 fully saturated rings. The third-order valence-electron chi connectivity index (χ3n) is 3.36. The van der Waals surface area contributed by atoms with Crippen LogP contribution in [0.5, 0.6) is 0 Å². The lowest BCUT2D eigenvalue weighted by molar-refractivity contribution is -0.135. The highest BCUT2D eigenvalue weighted by molar-refractivity contribution is 5.88. The zero-order valence-electron chi connectivity index (χ0n) is 10.1. The van der Waals surface area contributed by atoms with Crippen LogP contribution in [0.15, 0.2) is 0 Å². The number of hydrogen-bond acceptors (Lipinski definition) is 2. The number of carbonyl (C=O) groups is 2. The second kappa shape index (κ2) is 4.77. The fourth-order valence-corrected chi connectivity index (χ4v) is 2.24. The molecule has 0 spiro atoms. The van der Waals surface area contributed by atoms with Crippen LogP contribution >= 0.6 is 0 Å². The van der Waals surface area contributed by atoms with Crippen LogP contribution in [-0.4, -0.2) is 29.2 Å². The Bertz CT molecular complexity index is 260. The van der Waals surface area contributed by atoms with Gasteiger partial charge in [0.15, 0.2) is 5.78 Å². The molecule has 3 nitrogen and oxygen atoms in total. The summed E-state index contributed by atoms with van der Waals surface area (Å²) in [6, 6.07) is -0.193. The maximum absolute atomic E-state index is 11.8. The molecule has 15 heavy (non-hydrogen) atoms. The van der Waals surface area contributed by atoms with Crippen LogP contribution in [0.25, 0.3) is 0 Å². The Kier molecular flexibility index (Phi) is 3.89. The number of likely N-dealkylation sites (tertiary alicyclic amines) is 1. The van der Waals surface area contributed by atoms with Gasteiger partial charge in [0.1, 0.15) is 0 Å². The first-order valence-corrected chi connectivity index (χ1v) is 5.77. The summed E-state index contributed by atoms with van der Waals surface area (Å²) in [6.45, 7) is 8.56. The van der Waals surface area contributed by atoms with Gasteiger partial charge in [-0.05, 0) is 25.2 Å².